The number of aromatic nitrogens is 5. The molecule has 3 aromatic heterocycles. The highest BCUT2D eigenvalue weighted by Crippen LogP contribution is 2.30. The highest BCUT2D eigenvalue weighted by atomic mass is 35.5. The molecule has 4 aromatic rings. The smallest absolute Gasteiger partial charge is 0.243 e. The van der Waals surface area contributed by atoms with Crippen molar-refractivity contribution >= 4 is 28.2 Å². The number of nitrogens with zero attached hydrogens (tertiary/aromatic N) is 5. The fourth-order valence-electron chi connectivity index (χ4n) is 2.50. The summed E-state index contributed by atoms with van der Waals surface area (Å²) in [5.74, 6) is 0. The Morgan fingerprint density at radius 2 is 1.95 bits per heavy atom. The molecule has 98 valence electrons. The van der Waals surface area contributed by atoms with Gasteiger partial charge in [-0.25, -0.2) is 4.52 Å². The Bertz CT molecular complexity index is 925. The van der Waals surface area contributed by atoms with Gasteiger partial charge in [-0.2, -0.15) is 10.1 Å². The van der Waals surface area contributed by atoms with Gasteiger partial charge in [0.25, 0.3) is 0 Å². The first-order valence-electron chi connectivity index (χ1n) is 6.16. The zero-order valence-electron chi connectivity index (χ0n) is 10.7. The van der Waals surface area contributed by atoms with Crippen molar-refractivity contribution in [3.05, 3.63) is 48.0 Å². The lowest BCUT2D eigenvalue weighted by Crippen LogP contribution is -1.91. The number of aryl methyl sites for hydroxylation is 1. The van der Waals surface area contributed by atoms with Gasteiger partial charge in [-0.15, -0.1) is 5.10 Å². The summed E-state index contributed by atoms with van der Waals surface area (Å²) in [7, 11) is 1.93. The Morgan fingerprint density at radius 1 is 1.10 bits per heavy atom. The van der Waals surface area contributed by atoms with Crippen molar-refractivity contribution in [2.24, 2.45) is 7.05 Å². The number of hydrogen-bond acceptors (Lipinski definition) is 3. The van der Waals surface area contributed by atoms with Crippen LogP contribution in [0.2, 0.25) is 5.28 Å². The van der Waals surface area contributed by atoms with Gasteiger partial charge < -0.3 is 0 Å². The Morgan fingerprint density at radius 3 is 2.85 bits per heavy atom. The molecule has 20 heavy (non-hydrogen) atoms. The second-order valence-electron chi connectivity index (χ2n) is 4.58. The molecule has 0 saturated heterocycles. The summed E-state index contributed by atoms with van der Waals surface area (Å²) in [4.78, 5) is 4.29. The van der Waals surface area contributed by atoms with Crippen LogP contribution in [0.5, 0.6) is 0 Å². The second-order valence-corrected chi connectivity index (χ2v) is 4.92. The molecule has 4 rings (SSSR count). The van der Waals surface area contributed by atoms with Gasteiger partial charge in [0.05, 0.1) is 11.7 Å². The maximum atomic E-state index is 5.91. The Hall–Kier alpha value is -2.40. The van der Waals surface area contributed by atoms with Crippen LogP contribution < -0.4 is 0 Å². The van der Waals surface area contributed by atoms with Crippen molar-refractivity contribution in [3.63, 3.8) is 0 Å². The van der Waals surface area contributed by atoms with E-state index in [-0.39, 0.29) is 5.28 Å². The van der Waals surface area contributed by atoms with Crippen molar-refractivity contribution in [2.75, 3.05) is 0 Å². The Kier molecular flexibility index (Phi) is 2.31. The maximum Gasteiger partial charge on any atom is 0.243 e. The van der Waals surface area contributed by atoms with Crippen LogP contribution in [-0.2, 0) is 7.05 Å². The lowest BCUT2D eigenvalue weighted by atomic mass is 10.0. The predicted octanol–water partition coefficient (Wildman–Crippen LogP) is 2.94. The molecule has 0 N–H and O–H groups in total. The first kappa shape index (κ1) is 11.4. The Labute approximate surface area is 119 Å². The molecule has 0 unspecified atom stereocenters. The van der Waals surface area contributed by atoms with E-state index in [1.54, 1.807) is 4.52 Å². The van der Waals surface area contributed by atoms with Crippen molar-refractivity contribution in [1.82, 2.24) is 24.4 Å². The minimum absolute atomic E-state index is 0.246. The van der Waals surface area contributed by atoms with E-state index in [1.165, 1.54) is 0 Å². The SMILES string of the molecule is Cn1ncc2c(-c3cccn4nc(Cl)nc34)cccc21. The summed E-state index contributed by atoms with van der Waals surface area (Å²) in [6.07, 6.45) is 3.70. The highest BCUT2D eigenvalue weighted by Gasteiger charge is 2.12. The molecule has 0 atom stereocenters. The average molecular weight is 284 g/mol. The molecule has 6 heteroatoms. The molecule has 0 bridgehead atoms. The van der Waals surface area contributed by atoms with Crippen LogP contribution in [0.4, 0.5) is 0 Å². The third-order valence-electron chi connectivity index (χ3n) is 3.42. The van der Waals surface area contributed by atoms with E-state index in [2.05, 4.69) is 21.2 Å². The van der Waals surface area contributed by atoms with Crippen molar-refractivity contribution in [2.45, 2.75) is 0 Å². The quantitative estimate of drug-likeness (QED) is 0.540. The van der Waals surface area contributed by atoms with Gasteiger partial charge in [0, 0.05) is 24.2 Å². The van der Waals surface area contributed by atoms with Gasteiger partial charge in [0.2, 0.25) is 5.28 Å². The van der Waals surface area contributed by atoms with Gasteiger partial charge in [-0.1, -0.05) is 12.1 Å². The van der Waals surface area contributed by atoms with Gasteiger partial charge in [0.15, 0.2) is 5.65 Å². The molecular weight excluding hydrogens is 274 g/mol. The average Bonchev–Trinajstić information content (AvgIpc) is 3.01. The molecule has 3 heterocycles. The third kappa shape index (κ3) is 1.53. The predicted molar refractivity (Wildman–Crippen MR) is 77.7 cm³/mol. The standard InChI is InChI=1S/C14H10ClN5/c1-19-12-6-2-4-9(11(12)8-16-19)10-5-3-7-20-13(10)17-14(15)18-20/h2-8H,1H3. The van der Waals surface area contributed by atoms with E-state index < -0.39 is 0 Å². The zero-order chi connectivity index (χ0) is 13.7. The molecule has 0 saturated carbocycles. The zero-order valence-corrected chi connectivity index (χ0v) is 11.4. The number of pyridine rings is 1. The first-order valence-corrected chi connectivity index (χ1v) is 6.54. The molecule has 0 aliphatic rings. The minimum Gasteiger partial charge on any atom is -0.268 e. The monoisotopic (exact) mass is 283 g/mol. The lowest BCUT2D eigenvalue weighted by Gasteiger charge is -2.05. The van der Waals surface area contributed by atoms with Crippen LogP contribution in [0.25, 0.3) is 27.7 Å². The second kappa shape index (κ2) is 4.05. The van der Waals surface area contributed by atoms with E-state index in [0.717, 1.165) is 27.7 Å². The van der Waals surface area contributed by atoms with Gasteiger partial charge >= 0.3 is 0 Å². The van der Waals surface area contributed by atoms with E-state index >= 15 is 0 Å². The number of fused-ring (bicyclic) bond motifs is 2. The molecule has 0 aliphatic heterocycles. The molecular formula is C14H10ClN5. The van der Waals surface area contributed by atoms with Gasteiger partial charge in [-0.05, 0) is 35.4 Å². The first-order chi connectivity index (χ1) is 9.74. The van der Waals surface area contributed by atoms with Gasteiger partial charge in [-0.3, -0.25) is 4.68 Å². The summed E-state index contributed by atoms with van der Waals surface area (Å²) in [6.45, 7) is 0. The summed E-state index contributed by atoms with van der Waals surface area (Å²) in [5, 5.41) is 9.78. The third-order valence-corrected chi connectivity index (χ3v) is 3.58. The molecule has 0 radical (unpaired) electrons. The van der Waals surface area contributed by atoms with E-state index in [4.69, 9.17) is 11.6 Å². The van der Waals surface area contributed by atoms with Crippen LogP contribution in [0.15, 0.2) is 42.7 Å². The van der Waals surface area contributed by atoms with Crippen molar-refractivity contribution in [3.8, 4) is 11.1 Å². The van der Waals surface area contributed by atoms with E-state index in [9.17, 15) is 0 Å². The molecule has 0 amide bonds. The fraction of sp³-hybridized carbons (Fsp3) is 0.0714. The van der Waals surface area contributed by atoms with Crippen LogP contribution >= 0.6 is 11.6 Å². The lowest BCUT2D eigenvalue weighted by molar-refractivity contribution is 0.797. The largest absolute Gasteiger partial charge is 0.268 e. The van der Waals surface area contributed by atoms with Crippen LogP contribution in [0.3, 0.4) is 0 Å². The fourth-order valence-corrected chi connectivity index (χ4v) is 2.66. The number of halogens is 1. The molecule has 1 aromatic carbocycles. The molecule has 0 fully saturated rings. The topological polar surface area (TPSA) is 48.0 Å². The summed E-state index contributed by atoms with van der Waals surface area (Å²) in [6, 6.07) is 10.1. The van der Waals surface area contributed by atoms with Gasteiger partial charge in [0.1, 0.15) is 0 Å². The highest BCUT2D eigenvalue weighted by molar-refractivity contribution is 6.28. The minimum atomic E-state index is 0.246. The Balaban J connectivity index is 2.11. The van der Waals surface area contributed by atoms with Crippen molar-refractivity contribution < 1.29 is 0 Å². The van der Waals surface area contributed by atoms with Crippen molar-refractivity contribution in [1.29, 1.82) is 0 Å². The van der Waals surface area contributed by atoms with Crippen LogP contribution in [0.1, 0.15) is 0 Å². The summed E-state index contributed by atoms with van der Waals surface area (Å²) < 4.78 is 3.54. The number of hydrogen-bond donors (Lipinski definition) is 0. The molecule has 5 nitrogen and oxygen atoms in total. The van der Waals surface area contributed by atoms with Crippen LogP contribution in [0, 0.1) is 0 Å². The van der Waals surface area contributed by atoms with E-state index in [1.807, 2.05) is 48.4 Å². The molecule has 0 spiro atoms. The summed E-state index contributed by atoms with van der Waals surface area (Å²) in [5.41, 5.74) is 3.89. The summed E-state index contributed by atoms with van der Waals surface area (Å²) >= 11 is 5.91. The molecule has 0 aliphatic carbocycles. The number of rotatable bonds is 1. The van der Waals surface area contributed by atoms with E-state index in [0.29, 0.717) is 0 Å². The number of benzene rings is 1. The normalized spacial score (nSPS) is 11.5. The maximum absolute atomic E-state index is 5.91. The van der Waals surface area contributed by atoms with Crippen LogP contribution in [-0.4, -0.2) is 24.4 Å².